The summed E-state index contributed by atoms with van der Waals surface area (Å²) >= 11 is 0. The first-order chi connectivity index (χ1) is 22.2. The Bertz CT molecular complexity index is 2190. The summed E-state index contributed by atoms with van der Waals surface area (Å²) in [6.07, 6.45) is 4.08. The predicted octanol–water partition coefficient (Wildman–Crippen LogP) is 7.69. The molecule has 1 aliphatic carbocycles. The van der Waals surface area contributed by atoms with Crippen molar-refractivity contribution in [3.05, 3.63) is 173 Å². The third-order valence-corrected chi connectivity index (χ3v) is 9.83. The van der Waals surface area contributed by atoms with E-state index in [0.29, 0.717) is 11.1 Å². The third kappa shape index (κ3) is 3.49. The Balaban J connectivity index is 1.43. The molecule has 2 aliphatic heterocycles. The number of ketones is 2. The monoisotopic (exact) mass is 581 g/mol. The molecule has 0 N–H and O–H groups in total. The lowest BCUT2D eigenvalue weighted by atomic mass is 9.62. The van der Waals surface area contributed by atoms with Crippen LogP contribution in [-0.2, 0) is 5.41 Å². The van der Waals surface area contributed by atoms with Crippen LogP contribution in [0.4, 0.5) is 0 Å². The standard InChI is InChI=1S/C40H27N3O2/c44-36(26-14-3-1-4-15-26)33-35(37(45)27-16-5-2-6-17-27)43-24-23-25-13-7-8-18-28(25)39(43)40(33)30-20-10-9-19-29(30)34-38(40)42-32-22-12-11-21-31(32)41-34/h1-24,33,35,39H. The Kier molecular flexibility index (Phi) is 5.54. The summed E-state index contributed by atoms with van der Waals surface area (Å²) < 4.78 is 0. The zero-order chi connectivity index (χ0) is 30.1. The minimum absolute atomic E-state index is 0.0808. The molecule has 9 rings (SSSR count). The number of hydrogen-bond donors (Lipinski definition) is 0. The zero-order valence-corrected chi connectivity index (χ0v) is 24.2. The molecule has 1 aromatic heterocycles. The molecule has 214 valence electrons. The maximum atomic E-state index is 15.2. The van der Waals surface area contributed by atoms with Crippen LogP contribution in [0, 0.1) is 5.92 Å². The molecule has 6 aromatic rings. The van der Waals surface area contributed by atoms with Crippen molar-refractivity contribution in [2.24, 2.45) is 5.92 Å². The molecule has 0 radical (unpaired) electrons. The van der Waals surface area contributed by atoms with E-state index in [1.807, 2.05) is 115 Å². The lowest BCUT2D eigenvalue weighted by Gasteiger charge is -2.40. The lowest BCUT2D eigenvalue weighted by Crippen LogP contribution is -2.45. The van der Waals surface area contributed by atoms with Gasteiger partial charge in [0, 0.05) is 22.9 Å². The number of aromatic nitrogens is 2. The molecule has 0 saturated carbocycles. The summed E-state index contributed by atoms with van der Waals surface area (Å²) in [7, 11) is 0. The van der Waals surface area contributed by atoms with Gasteiger partial charge >= 0.3 is 0 Å². The van der Waals surface area contributed by atoms with Crippen LogP contribution in [0.3, 0.4) is 0 Å². The Morgan fingerprint density at radius 3 is 1.98 bits per heavy atom. The fourth-order valence-electron chi connectivity index (χ4n) is 8.09. The van der Waals surface area contributed by atoms with Gasteiger partial charge in [0.05, 0.1) is 39.8 Å². The van der Waals surface area contributed by atoms with Gasteiger partial charge in [-0.15, -0.1) is 0 Å². The van der Waals surface area contributed by atoms with Crippen molar-refractivity contribution in [3.8, 4) is 11.3 Å². The van der Waals surface area contributed by atoms with E-state index in [2.05, 4.69) is 35.2 Å². The summed E-state index contributed by atoms with van der Waals surface area (Å²) in [5.74, 6) is -0.968. The van der Waals surface area contributed by atoms with Crippen LogP contribution in [0.1, 0.15) is 49.1 Å². The highest BCUT2D eigenvalue weighted by Crippen LogP contribution is 2.66. The average molecular weight is 582 g/mol. The highest BCUT2D eigenvalue weighted by molar-refractivity contribution is 6.09. The summed E-state index contributed by atoms with van der Waals surface area (Å²) in [6, 6.07) is 42.0. The Labute approximate surface area is 260 Å². The van der Waals surface area contributed by atoms with Crippen LogP contribution in [0.2, 0.25) is 0 Å². The number of carbonyl (C=O) groups excluding carboxylic acids is 2. The number of Topliss-reactive ketones (excluding diaryl/α,β-unsaturated/α-hetero) is 2. The highest BCUT2D eigenvalue weighted by Gasteiger charge is 2.69. The van der Waals surface area contributed by atoms with Crippen molar-refractivity contribution < 1.29 is 9.59 Å². The van der Waals surface area contributed by atoms with Gasteiger partial charge in [-0.3, -0.25) is 9.59 Å². The Morgan fingerprint density at radius 2 is 1.22 bits per heavy atom. The number of carbonyl (C=O) groups is 2. The topological polar surface area (TPSA) is 63.2 Å². The number of para-hydroxylation sites is 2. The number of hydrogen-bond acceptors (Lipinski definition) is 5. The number of rotatable bonds is 4. The maximum absolute atomic E-state index is 15.2. The maximum Gasteiger partial charge on any atom is 0.186 e. The average Bonchev–Trinajstić information content (AvgIpc) is 3.57. The number of nitrogens with zero attached hydrogens (tertiary/aromatic N) is 3. The Morgan fingerprint density at radius 1 is 0.622 bits per heavy atom. The third-order valence-electron chi connectivity index (χ3n) is 9.83. The first-order valence-electron chi connectivity index (χ1n) is 15.3. The number of benzene rings is 5. The highest BCUT2D eigenvalue weighted by atomic mass is 16.1. The molecule has 3 heterocycles. The van der Waals surface area contributed by atoms with Crippen molar-refractivity contribution in [2.45, 2.75) is 17.5 Å². The van der Waals surface area contributed by atoms with Crippen LogP contribution in [0.25, 0.3) is 28.4 Å². The molecule has 5 aromatic carbocycles. The van der Waals surface area contributed by atoms with E-state index in [1.165, 1.54) is 0 Å². The number of fused-ring (bicyclic) bond motifs is 10. The Hall–Kier alpha value is -5.68. The smallest absolute Gasteiger partial charge is 0.186 e. The second kappa shape index (κ2) is 9.66. The van der Waals surface area contributed by atoms with E-state index < -0.39 is 17.4 Å². The van der Waals surface area contributed by atoms with E-state index >= 15 is 4.79 Å². The first-order valence-corrected chi connectivity index (χ1v) is 15.3. The SMILES string of the molecule is O=C(c1ccccc1)C1C(C(=O)c2ccccc2)C2(c3ccccc3-c3nc4ccccc4nc32)C2c3ccccc3C=CN12. The normalized spacial score (nSPS) is 22.1. The molecule has 0 amide bonds. The van der Waals surface area contributed by atoms with Crippen molar-refractivity contribution in [2.75, 3.05) is 0 Å². The van der Waals surface area contributed by atoms with Gasteiger partial charge in [-0.05, 0) is 34.9 Å². The van der Waals surface area contributed by atoms with Crippen molar-refractivity contribution in [3.63, 3.8) is 0 Å². The van der Waals surface area contributed by atoms with E-state index in [9.17, 15) is 4.79 Å². The molecular formula is C40H27N3O2. The van der Waals surface area contributed by atoms with Crippen molar-refractivity contribution >= 4 is 28.7 Å². The fourth-order valence-corrected chi connectivity index (χ4v) is 8.09. The van der Waals surface area contributed by atoms with Gasteiger partial charge in [0.25, 0.3) is 0 Å². The van der Waals surface area contributed by atoms with Crippen LogP contribution >= 0.6 is 0 Å². The second-order valence-corrected chi connectivity index (χ2v) is 12.0. The van der Waals surface area contributed by atoms with Gasteiger partial charge < -0.3 is 4.90 Å². The summed E-state index contributed by atoms with van der Waals surface area (Å²) in [4.78, 5) is 42.9. The van der Waals surface area contributed by atoms with Gasteiger partial charge in [0.2, 0.25) is 0 Å². The largest absolute Gasteiger partial charge is 0.358 e. The van der Waals surface area contributed by atoms with E-state index in [0.717, 1.165) is 44.7 Å². The fraction of sp³-hybridized carbons (Fsp3) is 0.100. The van der Waals surface area contributed by atoms with E-state index in [1.54, 1.807) is 0 Å². The minimum atomic E-state index is -1.01. The molecule has 45 heavy (non-hydrogen) atoms. The first kappa shape index (κ1) is 25.8. The van der Waals surface area contributed by atoms with Crippen molar-refractivity contribution in [1.82, 2.24) is 14.9 Å². The summed E-state index contributed by atoms with van der Waals surface area (Å²) in [5, 5.41) is 0. The van der Waals surface area contributed by atoms with Gasteiger partial charge in [-0.1, -0.05) is 121 Å². The van der Waals surface area contributed by atoms with Crippen LogP contribution in [0.15, 0.2) is 140 Å². The van der Waals surface area contributed by atoms with E-state index in [4.69, 9.17) is 9.97 Å². The predicted molar refractivity (Wildman–Crippen MR) is 175 cm³/mol. The van der Waals surface area contributed by atoms with Gasteiger partial charge in [0.15, 0.2) is 11.6 Å². The molecular weight excluding hydrogens is 554 g/mol. The zero-order valence-electron chi connectivity index (χ0n) is 24.2. The van der Waals surface area contributed by atoms with Crippen molar-refractivity contribution in [1.29, 1.82) is 0 Å². The summed E-state index contributed by atoms with van der Waals surface area (Å²) in [6.45, 7) is 0. The van der Waals surface area contributed by atoms with Crippen LogP contribution in [-0.4, -0.2) is 32.5 Å². The second-order valence-electron chi connectivity index (χ2n) is 12.0. The molecule has 1 saturated heterocycles. The molecule has 0 bridgehead atoms. The van der Waals surface area contributed by atoms with Gasteiger partial charge in [-0.25, -0.2) is 9.97 Å². The minimum Gasteiger partial charge on any atom is -0.358 e. The van der Waals surface area contributed by atoms with Gasteiger partial charge in [0.1, 0.15) is 6.04 Å². The molecule has 4 unspecified atom stereocenters. The lowest BCUT2D eigenvalue weighted by molar-refractivity contribution is 0.0765. The van der Waals surface area contributed by atoms with Gasteiger partial charge in [-0.2, -0.15) is 0 Å². The molecule has 4 atom stereocenters. The van der Waals surface area contributed by atoms with Crippen LogP contribution in [0.5, 0.6) is 0 Å². The quantitative estimate of drug-likeness (QED) is 0.200. The molecule has 1 spiro atoms. The summed E-state index contributed by atoms with van der Waals surface area (Å²) in [5.41, 5.74) is 7.29. The van der Waals surface area contributed by atoms with E-state index in [-0.39, 0.29) is 17.6 Å². The molecule has 5 heteroatoms. The van der Waals surface area contributed by atoms with Crippen LogP contribution < -0.4 is 0 Å². The molecule has 5 nitrogen and oxygen atoms in total. The molecule has 1 fully saturated rings. The molecule has 3 aliphatic rings.